The third kappa shape index (κ3) is 8.86. The number of hydrogen-bond acceptors (Lipinski definition) is 0. The fourth-order valence-electron chi connectivity index (χ4n) is 0. The fraction of sp³-hybridized carbons (Fsp3) is 0. The van der Waals surface area contributed by atoms with Crippen LogP contribution in [0, 0.1) is 0 Å². The van der Waals surface area contributed by atoms with E-state index in [1.165, 1.54) is 0 Å². The summed E-state index contributed by atoms with van der Waals surface area (Å²) in [6.45, 7) is 0. The molecule has 0 atom stereocenters. The Morgan fingerprint density at radius 1 is 0.500 bits per heavy atom. The van der Waals surface area contributed by atoms with Gasteiger partial charge in [-0.25, -0.2) is 0 Å². The molecule has 0 aromatic heterocycles. The third-order valence-corrected chi connectivity index (χ3v) is 0. The van der Waals surface area contributed by atoms with E-state index in [0.717, 1.165) is 0 Å². The predicted molar refractivity (Wildman–Crippen MR) is 0 cm³/mol. The molecule has 0 heterocycles. The Morgan fingerprint density at radius 3 is 0.500 bits per heavy atom. The maximum atomic E-state index is 0. The average Bonchev–Trinajstić information content (AvgIpc) is 0. The second-order valence-corrected chi connectivity index (χ2v) is 0. The monoisotopic (exact) mass is 246 g/mol. The molecule has 0 aliphatic heterocycles. The Labute approximate surface area is 71.8 Å². The van der Waals surface area contributed by atoms with Gasteiger partial charge in [-0.2, -0.15) is 0 Å². The van der Waals surface area contributed by atoms with E-state index in [9.17, 15) is 0 Å². The van der Waals surface area contributed by atoms with Gasteiger partial charge in [-0.3, -0.25) is 0 Å². The van der Waals surface area contributed by atoms with Gasteiger partial charge in [0.05, 0.1) is 0 Å². The Kier molecular flexibility index (Phi) is 158. The van der Waals surface area contributed by atoms with Crippen LogP contribution in [-0.4, -0.2) is 0 Å². The van der Waals surface area contributed by atoms with Crippen LogP contribution in [0.15, 0.2) is 0 Å². The molecule has 22 valence electrons. The van der Waals surface area contributed by atoms with Gasteiger partial charge >= 0.3 is 0 Å². The van der Waals surface area contributed by atoms with Crippen LogP contribution in [0.3, 0.4) is 0 Å². The summed E-state index contributed by atoms with van der Waals surface area (Å²) >= 11 is 0. The molecule has 0 rings (SSSR count). The summed E-state index contributed by atoms with van der Waals surface area (Å²) < 4.78 is 0. The number of rotatable bonds is 0. The summed E-state index contributed by atoms with van der Waals surface area (Å²) in [6.07, 6.45) is 0. The van der Waals surface area contributed by atoms with E-state index in [1.54, 1.807) is 0 Å². The molecule has 2 radical (unpaired) electrons. The van der Waals surface area contributed by atoms with Crippen LogP contribution in [0.5, 0.6) is 0 Å². The first-order valence-electron chi connectivity index (χ1n) is 0. The maximum Gasteiger partial charge on any atom is 0 e. The predicted octanol–water partition coefficient (Wildman–Crippen LogP) is -0.0100. The van der Waals surface area contributed by atoms with Crippen molar-refractivity contribution in [3.8, 4) is 0 Å². The zero-order valence-electron chi connectivity index (χ0n) is 2.08. The van der Waals surface area contributed by atoms with E-state index in [0.29, 0.717) is 0 Å². The molecular weight excluding hydrogens is 249 g/mol. The topological polar surface area (TPSA) is 0 Å². The molecule has 0 amide bonds. The van der Waals surface area contributed by atoms with Crippen molar-refractivity contribution in [2.45, 2.75) is 0 Å². The molecule has 4 heteroatoms. The van der Waals surface area contributed by atoms with Gasteiger partial charge in [0, 0.05) is 72.5 Å². The molecule has 0 spiro atoms. The van der Waals surface area contributed by atoms with Crippen molar-refractivity contribution >= 4 is 0 Å². The third-order valence-electron chi connectivity index (χ3n) is 0. The van der Waals surface area contributed by atoms with Crippen molar-refractivity contribution in [1.82, 2.24) is 0 Å². The zero-order valence-corrected chi connectivity index (χ0v) is 10.1. The molecule has 0 N–H and O–H groups in total. The summed E-state index contributed by atoms with van der Waals surface area (Å²) in [7, 11) is 0. The first kappa shape index (κ1) is 33.9. The van der Waals surface area contributed by atoms with Crippen molar-refractivity contribution in [2.75, 3.05) is 0 Å². The first-order chi connectivity index (χ1) is 0. The SMILES string of the molecule is [Co].[Co].[Zn].[Zn]. The minimum atomic E-state index is 0. The minimum Gasteiger partial charge on any atom is 0 e. The van der Waals surface area contributed by atoms with Gasteiger partial charge in [-0.15, -0.1) is 0 Å². The van der Waals surface area contributed by atoms with Gasteiger partial charge in [-0.05, 0) is 0 Å². The molecule has 0 unspecified atom stereocenters. The van der Waals surface area contributed by atoms with E-state index in [-0.39, 0.29) is 72.5 Å². The van der Waals surface area contributed by atoms with Gasteiger partial charge < -0.3 is 0 Å². The Balaban J connectivity index is 0. The van der Waals surface area contributed by atoms with E-state index in [4.69, 9.17) is 0 Å². The quantitative estimate of drug-likeness (QED) is 0.529. The minimum absolute atomic E-state index is 0. The molecule has 0 nitrogen and oxygen atoms in total. The van der Waals surface area contributed by atoms with E-state index < -0.39 is 0 Å². The summed E-state index contributed by atoms with van der Waals surface area (Å²) in [5, 5.41) is 0. The number of hydrogen-bond donors (Lipinski definition) is 0. The van der Waals surface area contributed by atoms with Crippen molar-refractivity contribution in [3.63, 3.8) is 0 Å². The van der Waals surface area contributed by atoms with E-state index in [1.807, 2.05) is 0 Å². The van der Waals surface area contributed by atoms with Crippen molar-refractivity contribution in [1.29, 1.82) is 0 Å². The van der Waals surface area contributed by atoms with Crippen molar-refractivity contribution in [2.24, 2.45) is 0 Å². The molecule has 0 fully saturated rings. The van der Waals surface area contributed by atoms with Gasteiger partial charge in [0.15, 0.2) is 0 Å². The zero-order chi connectivity index (χ0) is 0. The standard InChI is InChI=1S/2Co.2Zn. The summed E-state index contributed by atoms with van der Waals surface area (Å²) in [5.41, 5.74) is 0. The van der Waals surface area contributed by atoms with Gasteiger partial charge in [0.25, 0.3) is 0 Å². The Morgan fingerprint density at radius 2 is 0.500 bits per heavy atom. The maximum absolute atomic E-state index is 0. The van der Waals surface area contributed by atoms with E-state index in [2.05, 4.69) is 0 Å². The largest absolute Gasteiger partial charge is 0 e. The molecule has 0 aliphatic rings. The Hall–Kier alpha value is 2.26. The van der Waals surface area contributed by atoms with Gasteiger partial charge in [0.1, 0.15) is 0 Å². The van der Waals surface area contributed by atoms with Crippen molar-refractivity contribution in [3.05, 3.63) is 0 Å². The molecule has 0 saturated carbocycles. The molecular formula is Co2Zn2. The second-order valence-electron chi connectivity index (χ2n) is 0. The summed E-state index contributed by atoms with van der Waals surface area (Å²) in [5.74, 6) is 0. The smallest absolute Gasteiger partial charge is 0 e. The molecule has 4 heavy (non-hydrogen) atoms. The normalized spacial score (nSPS) is 0. The average molecular weight is 249 g/mol. The van der Waals surface area contributed by atoms with Gasteiger partial charge in [-0.1, -0.05) is 0 Å². The Bertz CT molecular complexity index is 4.00. The van der Waals surface area contributed by atoms with Crippen LogP contribution in [0.2, 0.25) is 0 Å². The van der Waals surface area contributed by atoms with Crippen molar-refractivity contribution < 1.29 is 72.5 Å². The van der Waals surface area contributed by atoms with Gasteiger partial charge in [0.2, 0.25) is 0 Å². The fourth-order valence-corrected chi connectivity index (χ4v) is 0. The molecule has 0 saturated heterocycles. The van der Waals surface area contributed by atoms with Crippen LogP contribution >= 0.6 is 0 Å². The van der Waals surface area contributed by atoms with Crippen LogP contribution < -0.4 is 0 Å². The van der Waals surface area contributed by atoms with Crippen LogP contribution in [0.1, 0.15) is 0 Å². The van der Waals surface area contributed by atoms with Crippen LogP contribution in [-0.2, 0) is 72.5 Å². The van der Waals surface area contributed by atoms with E-state index >= 15 is 0 Å². The summed E-state index contributed by atoms with van der Waals surface area (Å²) in [6, 6.07) is 0. The first-order valence-corrected chi connectivity index (χ1v) is 0. The molecule has 0 bridgehead atoms. The molecule has 0 aromatic carbocycles. The molecule has 0 aliphatic carbocycles. The van der Waals surface area contributed by atoms with Crippen LogP contribution in [0.4, 0.5) is 0 Å². The second kappa shape index (κ2) is 18.7. The summed E-state index contributed by atoms with van der Waals surface area (Å²) in [4.78, 5) is 0. The molecule has 0 aromatic rings. The van der Waals surface area contributed by atoms with Crippen LogP contribution in [0.25, 0.3) is 0 Å².